The van der Waals surface area contributed by atoms with E-state index in [9.17, 15) is 0 Å². The number of fused-ring (bicyclic) bond motifs is 1. The minimum atomic E-state index is 0.290. The van der Waals surface area contributed by atoms with Crippen molar-refractivity contribution in [2.75, 3.05) is 5.73 Å². The molecule has 0 fully saturated rings. The van der Waals surface area contributed by atoms with E-state index in [4.69, 9.17) is 5.73 Å². The Balaban J connectivity index is 2.34. The largest absolute Gasteiger partial charge is 0.368 e. The van der Waals surface area contributed by atoms with E-state index < -0.39 is 0 Å². The van der Waals surface area contributed by atoms with Crippen LogP contribution in [-0.2, 0) is 0 Å². The molecular formula is C14H12N4. The lowest BCUT2D eigenvalue weighted by Gasteiger charge is -2.07. The standard InChI is InChI=1S/C14H12N4/c1-9-8-10(6-7-16-9)13-11-4-2-3-5-12(11)17-14(15)18-13/h2-8H,1H3,(H2,15,17,18). The van der Waals surface area contributed by atoms with Crippen LogP contribution in [0.25, 0.3) is 22.2 Å². The van der Waals surface area contributed by atoms with Crippen molar-refractivity contribution < 1.29 is 0 Å². The Morgan fingerprint density at radius 2 is 1.89 bits per heavy atom. The zero-order valence-corrected chi connectivity index (χ0v) is 9.96. The number of para-hydroxylation sites is 1. The van der Waals surface area contributed by atoms with Crippen LogP contribution in [0.2, 0.25) is 0 Å². The maximum atomic E-state index is 5.76. The zero-order valence-electron chi connectivity index (χ0n) is 9.96. The first-order chi connectivity index (χ1) is 8.74. The summed E-state index contributed by atoms with van der Waals surface area (Å²) in [6, 6.07) is 11.8. The fourth-order valence-corrected chi connectivity index (χ4v) is 2.01. The maximum Gasteiger partial charge on any atom is 0.221 e. The molecule has 0 radical (unpaired) electrons. The number of benzene rings is 1. The van der Waals surface area contributed by atoms with E-state index in [2.05, 4.69) is 15.0 Å². The summed E-state index contributed by atoms with van der Waals surface area (Å²) in [5, 5.41) is 0.998. The van der Waals surface area contributed by atoms with Gasteiger partial charge >= 0.3 is 0 Å². The van der Waals surface area contributed by atoms with Crippen LogP contribution in [-0.4, -0.2) is 15.0 Å². The number of hydrogen-bond donors (Lipinski definition) is 1. The molecule has 2 N–H and O–H groups in total. The van der Waals surface area contributed by atoms with Crippen molar-refractivity contribution in [2.24, 2.45) is 0 Å². The Morgan fingerprint density at radius 1 is 1.06 bits per heavy atom. The number of nitrogen functional groups attached to an aromatic ring is 1. The van der Waals surface area contributed by atoms with E-state index in [1.807, 2.05) is 43.3 Å². The molecule has 0 saturated carbocycles. The van der Waals surface area contributed by atoms with Gasteiger partial charge in [-0.3, -0.25) is 4.98 Å². The Kier molecular flexibility index (Phi) is 2.41. The molecule has 3 aromatic rings. The molecule has 0 unspecified atom stereocenters. The molecule has 0 amide bonds. The third-order valence-corrected chi connectivity index (χ3v) is 2.79. The zero-order chi connectivity index (χ0) is 12.5. The Hall–Kier alpha value is -2.49. The van der Waals surface area contributed by atoms with E-state index >= 15 is 0 Å². The van der Waals surface area contributed by atoms with E-state index in [0.717, 1.165) is 27.9 Å². The number of anilines is 1. The number of nitrogens with zero attached hydrogens (tertiary/aromatic N) is 3. The normalized spacial score (nSPS) is 10.7. The van der Waals surface area contributed by atoms with Crippen molar-refractivity contribution in [1.29, 1.82) is 0 Å². The van der Waals surface area contributed by atoms with Gasteiger partial charge in [-0.1, -0.05) is 18.2 Å². The van der Waals surface area contributed by atoms with Gasteiger partial charge in [-0.05, 0) is 25.1 Å². The molecule has 4 heteroatoms. The van der Waals surface area contributed by atoms with Gasteiger partial charge in [0.15, 0.2) is 0 Å². The van der Waals surface area contributed by atoms with E-state index in [1.165, 1.54) is 0 Å². The highest BCUT2D eigenvalue weighted by atomic mass is 15.0. The summed E-state index contributed by atoms with van der Waals surface area (Å²) in [6.07, 6.45) is 1.78. The van der Waals surface area contributed by atoms with Crippen LogP contribution in [0.3, 0.4) is 0 Å². The first-order valence-corrected chi connectivity index (χ1v) is 5.69. The summed E-state index contributed by atoms with van der Waals surface area (Å²) >= 11 is 0. The summed E-state index contributed by atoms with van der Waals surface area (Å²) in [6.45, 7) is 1.95. The third kappa shape index (κ3) is 1.78. The van der Waals surface area contributed by atoms with E-state index in [1.54, 1.807) is 6.20 Å². The van der Waals surface area contributed by atoms with Crippen molar-refractivity contribution in [3.8, 4) is 11.3 Å². The Labute approximate surface area is 105 Å². The van der Waals surface area contributed by atoms with Crippen LogP contribution in [0, 0.1) is 6.92 Å². The molecule has 0 bridgehead atoms. The average molecular weight is 236 g/mol. The van der Waals surface area contributed by atoms with Gasteiger partial charge in [0.1, 0.15) is 0 Å². The van der Waals surface area contributed by atoms with E-state index in [0.29, 0.717) is 0 Å². The molecule has 0 aliphatic carbocycles. The molecule has 0 saturated heterocycles. The molecule has 0 atom stereocenters. The van der Waals surface area contributed by atoms with Gasteiger partial charge in [0, 0.05) is 22.8 Å². The second-order valence-corrected chi connectivity index (χ2v) is 4.13. The van der Waals surface area contributed by atoms with Gasteiger partial charge in [0.2, 0.25) is 5.95 Å². The van der Waals surface area contributed by atoms with Crippen molar-refractivity contribution in [3.63, 3.8) is 0 Å². The number of pyridine rings is 1. The number of aryl methyl sites for hydroxylation is 1. The molecular weight excluding hydrogens is 224 g/mol. The first kappa shape index (κ1) is 10.7. The lowest BCUT2D eigenvalue weighted by atomic mass is 10.1. The van der Waals surface area contributed by atoms with Crippen molar-refractivity contribution in [1.82, 2.24) is 15.0 Å². The quantitative estimate of drug-likeness (QED) is 0.705. The summed E-state index contributed by atoms with van der Waals surface area (Å²) in [5.41, 5.74) is 9.43. The molecule has 4 nitrogen and oxygen atoms in total. The highest BCUT2D eigenvalue weighted by molar-refractivity contribution is 5.92. The van der Waals surface area contributed by atoms with Gasteiger partial charge in [0.25, 0.3) is 0 Å². The Morgan fingerprint density at radius 3 is 2.72 bits per heavy atom. The SMILES string of the molecule is Cc1cc(-c2nc(N)nc3ccccc23)ccn1. The molecule has 0 aliphatic rings. The lowest BCUT2D eigenvalue weighted by molar-refractivity contribution is 1.19. The predicted octanol–water partition coefficient (Wildman–Crippen LogP) is 2.58. The molecule has 0 aliphatic heterocycles. The lowest BCUT2D eigenvalue weighted by Crippen LogP contribution is -1.98. The second-order valence-electron chi connectivity index (χ2n) is 4.13. The molecule has 1 aromatic carbocycles. The monoisotopic (exact) mass is 236 g/mol. The van der Waals surface area contributed by atoms with Gasteiger partial charge in [0.05, 0.1) is 11.2 Å². The smallest absolute Gasteiger partial charge is 0.221 e. The van der Waals surface area contributed by atoms with Crippen molar-refractivity contribution >= 4 is 16.9 Å². The van der Waals surface area contributed by atoms with E-state index in [-0.39, 0.29) is 5.95 Å². The molecule has 88 valence electrons. The topological polar surface area (TPSA) is 64.7 Å². The number of rotatable bonds is 1. The molecule has 3 rings (SSSR count). The van der Waals surface area contributed by atoms with Gasteiger partial charge < -0.3 is 5.73 Å². The second kappa shape index (κ2) is 4.07. The number of aromatic nitrogens is 3. The van der Waals surface area contributed by atoms with Crippen LogP contribution < -0.4 is 5.73 Å². The number of nitrogens with two attached hydrogens (primary N) is 1. The third-order valence-electron chi connectivity index (χ3n) is 2.79. The van der Waals surface area contributed by atoms with Crippen molar-refractivity contribution in [2.45, 2.75) is 6.92 Å². The summed E-state index contributed by atoms with van der Waals surface area (Å²) in [4.78, 5) is 12.8. The fraction of sp³-hybridized carbons (Fsp3) is 0.0714. The van der Waals surface area contributed by atoms with Crippen LogP contribution >= 0.6 is 0 Å². The van der Waals surface area contributed by atoms with Crippen LogP contribution in [0.5, 0.6) is 0 Å². The van der Waals surface area contributed by atoms with Crippen LogP contribution in [0.4, 0.5) is 5.95 Å². The highest BCUT2D eigenvalue weighted by Crippen LogP contribution is 2.26. The minimum Gasteiger partial charge on any atom is -0.368 e. The minimum absolute atomic E-state index is 0.290. The summed E-state index contributed by atoms with van der Waals surface area (Å²) in [5.74, 6) is 0.290. The predicted molar refractivity (Wildman–Crippen MR) is 71.9 cm³/mol. The van der Waals surface area contributed by atoms with Crippen LogP contribution in [0.15, 0.2) is 42.6 Å². The summed E-state index contributed by atoms with van der Waals surface area (Å²) in [7, 11) is 0. The molecule has 2 aromatic heterocycles. The van der Waals surface area contributed by atoms with Gasteiger partial charge in [-0.2, -0.15) is 0 Å². The van der Waals surface area contributed by atoms with Gasteiger partial charge in [-0.15, -0.1) is 0 Å². The fourth-order valence-electron chi connectivity index (χ4n) is 2.01. The average Bonchev–Trinajstić information content (AvgIpc) is 2.37. The first-order valence-electron chi connectivity index (χ1n) is 5.69. The van der Waals surface area contributed by atoms with Gasteiger partial charge in [-0.25, -0.2) is 9.97 Å². The summed E-state index contributed by atoms with van der Waals surface area (Å²) < 4.78 is 0. The molecule has 0 spiro atoms. The molecule has 2 heterocycles. The van der Waals surface area contributed by atoms with Crippen LogP contribution in [0.1, 0.15) is 5.69 Å². The Bertz CT molecular complexity index is 722. The molecule has 18 heavy (non-hydrogen) atoms. The van der Waals surface area contributed by atoms with Crippen molar-refractivity contribution in [3.05, 3.63) is 48.3 Å². The maximum absolute atomic E-state index is 5.76. The highest BCUT2D eigenvalue weighted by Gasteiger charge is 2.08. The number of hydrogen-bond acceptors (Lipinski definition) is 4.